The average Bonchev–Trinajstić information content (AvgIpc) is 2.40. The molecule has 0 aliphatic carbocycles. The number of piperidine rings is 1. The molecule has 1 aliphatic rings. The molecule has 1 saturated heterocycles. The van der Waals surface area contributed by atoms with Crippen molar-refractivity contribution < 1.29 is 0 Å². The van der Waals surface area contributed by atoms with Crippen LogP contribution in [0, 0.1) is 5.92 Å². The number of nitrogens with two attached hydrogens (primary N) is 1. The summed E-state index contributed by atoms with van der Waals surface area (Å²) < 4.78 is 0. The van der Waals surface area contributed by atoms with E-state index >= 15 is 0 Å². The van der Waals surface area contributed by atoms with Crippen LogP contribution in [-0.2, 0) is 6.54 Å². The second-order valence-electron chi connectivity index (χ2n) is 6.37. The van der Waals surface area contributed by atoms with Gasteiger partial charge in [0.25, 0.3) is 0 Å². The second-order valence-corrected chi connectivity index (χ2v) is 6.37. The Balaban J connectivity index is 1.85. The van der Waals surface area contributed by atoms with Gasteiger partial charge in [0.2, 0.25) is 0 Å². The van der Waals surface area contributed by atoms with Crippen LogP contribution in [0.2, 0.25) is 0 Å². The van der Waals surface area contributed by atoms with Gasteiger partial charge in [-0.3, -0.25) is 4.90 Å². The summed E-state index contributed by atoms with van der Waals surface area (Å²) in [5.41, 5.74) is 8.86. The Labute approximate surface area is 118 Å². The van der Waals surface area contributed by atoms with Gasteiger partial charge in [-0.2, -0.15) is 0 Å². The zero-order valence-corrected chi connectivity index (χ0v) is 12.6. The second kappa shape index (κ2) is 6.53. The monoisotopic (exact) mass is 260 g/mol. The summed E-state index contributed by atoms with van der Waals surface area (Å²) in [7, 11) is 0. The van der Waals surface area contributed by atoms with E-state index in [-0.39, 0.29) is 0 Å². The predicted octanol–water partition coefficient (Wildman–Crippen LogP) is 3.37. The number of likely N-dealkylation sites (tertiary alicyclic amines) is 1. The van der Waals surface area contributed by atoms with E-state index in [1.54, 1.807) is 0 Å². The fraction of sp³-hybridized carbons (Fsp3) is 0.647. The third-order valence-electron chi connectivity index (χ3n) is 4.43. The summed E-state index contributed by atoms with van der Waals surface area (Å²) in [6, 6.07) is 9.47. The Morgan fingerprint density at radius 1 is 1.11 bits per heavy atom. The molecule has 1 unspecified atom stereocenters. The van der Waals surface area contributed by atoms with Gasteiger partial charge in [0.15, 0.2) is 0 Å². The SMILES string of the molecule is CC(C)c1ccc(CN2CCC(C(C)N)CC2)cc1. The normalized spacial score (nSPS) is 19.8. The van der Waals surface area contributed by atoms with Crippen molar-refractivity contribution in [3.05, 3.63) is 35.4 Å². The largest absolute Gasteiger partial charge is 0.328 e. The molecular formula is C17H28N2. The fourth-order valence-electron chi connectivity index (χ4n) is 2.90. The van der Waals surface area contributed by atoms with Gasteiger partial charge < -0.3 is 5.73 Å². The van der Waals surface area contributed by atoms with Crippen molar-refractivity contribution in [1.82, 2.24) is 4.90 Å². The molecule has 0 amide bonds. The van der Waals surface area contributed by atoms with Crippen molar-refractivity contribution in [2.45, 2.75) is 52.1 Å². The third kappa shape index (κ3) is 4.05. The zero-order valence-electron chi connectivity index (χ0n) is 12.6. The van der Waals surface area contributed by atoms with Crippen LogP contribution in [0.25, 0.3) is 0 Å². The molecule has 2 heteroatoms. The third-order valence-corrected chi connectivity index (χ3v) is 4.43. The highest BCUT2D eigenvalue weighted by atomic mass is 15.1. The standard InChI is InChI=1S/C17H28N2/c1-13(2)16-6-4-15(5-7-16)12-19-10-8-17(9-11-19)14(3)18/h4-7,13-14,17H,8-12,18H2,1-3H3. The van der Waals surface area contributed by atoms with Crippen LogP contribution in [0.4, 0.5) is 0 Å². The molecule has 2 rings (SSSR count). The maximum atomic E-state index is 5.99. The quantitative estimate of drug-likeness (QED) is 0.899. The highest BCUT2D eigenvalue weighted by Crippen LogP contribution is 2.21. The van der Waals surface area contributed by atoms with Crippen molar-refractivity contribution in [2.24, 2.45) is 11.7 Å². The van der Waals surface area contributed by atoms with Crippen LogP contribution in [0.5, 0.6) is 0 Å². The maximum absolute atomic E-state index is 5.99. The van der Waals surface area contributed by atoms with Gasteiger partial charge in [-0.15, -0.1) is 0 Å². The van der Waals surface area contributed by atoms with Crippen LogP contribution >= 0.6 is 0 Å². The van der Waals surface area contributed by atoms with Crippen molar-refractivity contribution in [1.29, 1.82) is 0 Å². The summed E-state index contributed by atoms with van der Waals surface area (Å²) in [6.45, 7) is 10.1. The number of hydrogen-bond acceptors (Lipinski definition) is 2. The first-order valence-corrected chi connectivity index (χ1v) is 7.63. The topological polar surface area (TPSA) is 29.3 Å². The molecule has 1 heterocycles. The average molecular weight is 260 g/mol. The molecule has 1 aromatic rings. The molecule has 0 aromatic heterocycles. The number of rotatable bonds is 4. The van der Waals surface area contributed by atoms with Gasteiger partial charge >= 0.3 is 0 Å². The molecule has 1 aromatic carbocycles. The Bertz CT molecular complexity index is 373. The van der Waals surface area contributed by atoms with E-state index < -0.39 is 0 Å². The lowest BCUT2D eigenvalue weighted by molar-refractivity contribution is 0.166. The number of nitrogens with zero attached hydrogens (tertiary/aromatic N) is 1. The van der Waals surface area contributed by atoms with Crippen LogP contribution < -0.4 is 5.73 Å². The van der Waals surface area contributed by atoms with Crippen molar-refractivity contribution in [3.63, 3.8) is 0 Å². The molecule has 0 saturated carbocycles. The van der Waals surface area contributed by atoms with Gasteiger partial charge in [-0.25, -0.2) is 0 Å². The Morgan fingerprint density at radius 2 is 1.68 bits per heavy atom. The summed E-state index contributed by atoms with van der Waals surface area (Å²) in [5.74, 6) is 1.34. The molecule has 1 fully saturated rings. The molecule has 2 N–H and O–H groups in total. The van der Waals surface area contributed by atoms with E-state index in [0.29, 0.717) is 12.0 Å². The smallest absolute Gasteiger partial charge is 0.0233 e. The summed E-state index contributed by atoms with van der Waals surface area (Å²) >= 11 is 0. The minimum atomic E-state index is 0.354. The zero-order chi connectivity index (χ0) is 13.8. The van der Waals surface area contributed by atoms with Gasteiger partial charge in [0.1, 0.15) is 0 Å². The van der Waals surface area contributed by atoms with Gasteiger partial charge in [-0.05, 0) is 55.8 Å². The van der Waals surface area contributed by atoms with Gasteiger partial charge in [0, 0.05) is 12.6 Å². The minimum Gasteiger partial charge on any atom is -0.328 e. The minimum absolute atomic E-state index is 0.354. The summed E-state index contributed by atoms with van der Waals surface area (Å²) in [5, 5.41) is 0. The van der Waals surface area contributed by atoms with Crippen molar-refractivity contribution >= 4 is 0 Å². The van der Waals surface area contributed by atoms with Crippen LogP contribution in [0.3, 0.4) is 0 Å². The lowest BCUT2D eigenvalue weighted by atomic mass is 9.91. The van der Waals surface area contributed by atoms with E-state index in [9.17, 15) is 0 Å². The molecule has 1 atom stereocenters. The highest BCUT2D eigenvalue weighted by molar-refractivity contribution is 5.24. The van der Waals surface area contributed by atoms with E-state index in [1.807, 2.05) is 0 Å². The van der Waals surface area contributed by atoms with E-state index in [4.69, 9.17) is 5.73 Å². The number of hydrogen-bond donors (Lipinski definition) is 1. The van der Waals surface area contributed by atoms with E-state index in [0.717, 1.165) is 12.5 Å². The highest BCUT2D eigenvalue weighted by Gasteiger charge is 2.21. The van der Waals surface area contributed by atoms with Crippen LogP contribution in [-0.4, -0.2) is 24.0 Å². The Morgan fingerprint density at radius 3 is 2.16 bits per heavy atom. The predicted molar refractivity (Wildman–Crippen MR) is 82.2 cm³/mol. The van der Waals surface area contributed by atoms with Crippen molar-refractivity contribution in [2.75, 3.05) is 13.1 Å². The molecule has 0 spiro atoms. The fourth-order valence-corrected chi connectivity index (χ4v) is 2.90. The molecule has 1 aliphatic heterocycles. The first-order valence-electron chi connectivity index (χ1n) is 7.63. The van der Waals surface area contributed by atoms with Gasteiger partial charge in [0.05, 0.1) is 0 Å². The lowest BCUT2D eigenvalue weighted by Crippen LogP contribution is -2.39. The molecule has 19 heavy (non-hydrogen) atoms. The Hall–Kier alpha value is -0.860. The van der Waals surface area contributed by atoms with Crippen LogP contribution in [0.1, 0.15) is 50.7 Å². The summed E-state index contributed by atoms with van der Waals surface area (Å²) in [6.07, 6.45) is 2.50. The maximum Gasteiger partial charge on any atom is 0.0233 e. The Kier molecular flexibility index (Phi) is 5.00. The molecular weight excluding hydrogens is 232 g/mol. The van der Waals surface area contributed by atoms with Crippen molar-refractivity contribution in [3.8, 4) is 0 Å². The first kappa shape index (κ1) is 14.5. The van der Waals surface area contributed by atoms with Gasteiger partial charge in [-0.1, -0.05) is 38.1 Å². The molecule has 2 nitrogen and oxygen atoms in total. The molecule has 0 radical (unpaired) electrons. The molecule has 0 bridgehead atoms. The van der Waals surface area contributed by atoms with E-state index in [1.165, 1.54) is 37.1 Å². The molecule has 106 valence electrons. The van der Waals surface area contributed by atoms with Crippen LogP contribution in [0.15, 0.2) is 24.3 Å². The lowest BCUT2D eigenvalue weighted by Gasteiger charge is -2.33. The summed E-state index contributed by atoms with van der Waals surface area (Å²) in [4.78, 5) is 2.56. The first-order chi connectivity index (χ1) is 9.06. The van der Waals surface area contributed by atoms with E-state index in [2.05, 4.69) is 49.9 Å². The number of benzene rings is 1.